The summed E-state index contributed by atoms with van der Waals surface area (Å²) in [7, 11) is 0. The number of amides is 1. The van der Waals surface area contributed by atoms with Crippen molar-refractivity contribution in [3.05, 3.63) is 16.5 Å². The van der Waals surface area contributed by atoms with Gasteiger partial charge in [-0.25, -0.2) is 19.6 Å². The van der Waals surface area contributed by atoms with Crippen LogP contribution in [0, 0.1) is 0 Å². The summed E-state index contributed by atoms with van der Waals surface area (Å²) in [4.78, 5) is 28.7. The highest BCUT2D eigenvalue weighted by molar-refractivity contribution is 9.10. The van der Waals surface area contributed by atoms with Crippen LogP contribution < -0.4 is 11.5 Å². The van der Waals surface area contributed by atoms with Crippen molar-refractivity contribution in [2.24, 2.45) is 5.73 Å². The van der Waals surface area contributed by atoms with Gasteiger partial charge in [0.25, 0.3) is 0 Å². The summed E-state index contributed by atoms with van der Waals surface area (Å²) in [5.41, 5.74) is 9.69. The zero-order chi connectivity index (χ0) is 10.7. The average molecular weight is 261 g/mol. The Labute approximate surface area is 86.6 Å². The Morgan fingerprint density at radius 3 is 2.71 bits per heavy atom. The second-order valence-electron chi connectivity index (χ2n) is 2.14. The Hall–Kier alpha value is -1.70. The lowest BCUT2D eigenvalue weighted by molar-refractivity contribution is 0.0632. The number of anilines is 1. The quantitative estimate of drug-likeness (QED) is 0.544. The van der Waals surface area contributed by atoms with Crippen molar-refractivity contribution in [3.8, 4) is 0 Å². The van der Waals surface area contributed by atoms with E-state index < -0.39 is 12.1 Å². The van der Waals surface area contributed by atoms with E-state index in [1.165, 1.54) is 6.20 Å². The van der Waals surface area contributed by atoms with Gasteiger partial charge in [-0.3, -0.25) is 0 Å². The van der Waals surface area contributed by atoms with E-state index in [-0.39, 0.29) is 11.5 Å². The Morgan fingerprint density at radius 2 is 2.14 bits per heavy atom. The molecule has 0 bridgehead atoms. The number of carbonyl (C=O) groups excluding carboxylic acids is 2. The number of rotatable bonds is 1. The van der Waals surface area contributed by atoms with E-state index in [0.29, 0.717) is 4.60 Å². The number of ether oxygens (including phenoxy) is 1. The fourth-order valence-electron chi connectivity index (χ4n) is 0.667. The first-order chi connectivity index (χ1) is 6.50. The summed E-state index contributed by atoms with van der Waals surface area (Å²) in [6.07, 6.45) is 0.0762. The van der Waals surface area contributed by atoms with Crippen LogP contribution in [0.4, 0.5) is 10.6 Å². The van der Waals surface area contributed by atoms with Crippen molar-refractivity contribution < 1.29 is 14.3 Å². The molecule has 8 heteroatoms. The first-order valence-electron chi connectivity index (χ1n) is 3.30. The largest absolute Gasteiger partial charge is 0.412 e. The van der Waals surface area contributed by atoms with Gasteiger partial charge in [-0.05, 0) is 15.9 Å². The molecule has 0 saturated heterocycles. The molecule has 0 aliphatic carbocycles. The molecule has 7 nitrogen and oxygen atoms in total. The molecular weight excluding hydrogens is 256 g/mol. The van der Waals surface area contributed by atoms with Gasteiger partial charge in [-0.1, -0.05) is 0 Å². The number of primary amides is 1. The molecule has 0 fully saturated rings. The van der Waals surface area contributed by atoms with Gasteiger partial charge < -0.3 is 16.2 Å². The zero-order valence-electron chi connectivity index (χ0n) is 6.73. The van der Waals surface area contributed by atoms with E-state index >= 15 is 0 Å². The van der Waals surface area contributed by atoms with Gasteiger partial charge in [0.1, 0.15) is 4.60 Å². The number of hydrogen-bond donors (Lipinski definition) is 2. The molecular formula is C6H5BrN4O3. The minimum absolute atomic E-state index is 0.139. The third kappa shape index (κ3) is 2.39. The molecule has 1 amide bonds. The Morgan fingerprint density at radius 1 is 1.50 bits per heavy atom. The number of nitrogens with two attached hydrogens (primary N) is 2. The molecule has 1 aromatic heterocycles. The molecule has 0 aromatic carbocycles. The summed E-state index contributed by atoms with van der Waals surface area (Å²) in [5, 5.41) is 0. The van der Waals surface area contributed by atoms with Crippen molar-refractivity contribution in [2.45, 2.75) is 0 Å². The third-order valence-corrected chi connectivity index (χ3v) is 1.54. The number of halogens is 1. The lowest BCUT2D eigenvalue weighted by Gasteiger charge is -2.01. The van der Waals surface area contributed by atoms with Crippen LogP contribution in [0.3, 0.4) is 0 Å². The van der Waals surface area contributed by atoms with Gasteiger partial charge in [-0.15, -0.1) is 0 Å². The van der Waals surface area contributed by atoms with Gasteiger partial charge in [0, 0.05) is 0 Å². The molecule has 1 heterocycles. The summed E-state index contributed by atoms with van der Waals surface area (Å²) in [6, 6.07) is 0. The molecule has 1 rings (SSSR count). The van der Waals surface area contributed by atoms with Gasteiger partial charge in [0.15, 0.2) is 11.5 Å². The molecule has 4 N–H and O–H groups in total. The van der Waals surface area contributed by atoms with Crippen molar-refractivity contribution in [1.82, 2.24) is 9.97 Å². The maximum atomic E-state index is 11.1. The third-order valence-electron chi connectivity index (χ3n) is 1.16. The maximum absolute atomic E-state index is 11.1. The van der Waals surface area contributed by atoms with Crippen LogP contribution in [-0.2, 0) is 4.74 Å². The molecule has 0 aliphatic heterocycles. The highest BCUT2D eigenvalue weighted by atomic mass is 79.9. The minimum Gasteiger partial charge on any atom is -0.382 e. The van der Waals surface area contributed by atoms with Gasteiger partial charge in [-0.2, -0.15) is 0 Å². The number of esters is 1. The smallest absolute Gasteiger partial charge is 0.382 e. The number of nitrogen functional groups attached to an aromatic ring is 1. The topological polar surface area (TPSA) is 121 Å². The van der Waals surface area contributed by atoms with Crippen LogP contribution in [0.2, 0.25) is 0 Å². The van der Waals surface area contributed by atoms with E-state index in [1.54, 1.807) is 0 Å². The van der Waals surface area contributed by atoms with Crippen LogP contribution in [0.5, 0.6) is 0 Å². The maximum Gasteiger partial charge on any atom is 0.412 e. The second-order valence-corrected chi connectivity index (χ2v) is 2.95. The number of nitrogens with zero attached hydrogens (tertiary/aromatic N) is 2. The monoisotopic (exact) mass is 260 g/mol. The number of aromatic nitrogens is 2. The molecule has 0 atom stereocenters. The summed E-state index contributed by atoms with van der Waals surface area (Å²) >= 11 is 2.98. The highest BCUT2D eigenvalue weighted by Crippen LogP contribution is 2.11. The standard InChI is InChI=1S/C6H5BrN4O3/c7-2-1-10-4(8)3(11-2)5(12)14-6(9)13/h1H,(H2,8,10)(H2,9,13). The van der Waals surface area contributed by atoms with Crippen molar-refractivity contribution in [1.29, 1.82) is 0 Å². The normalized spacial score (nSPS) is 9.50. The van der Waals surface area contributed by atoms with Gasteiger partial charge in [0.05, 0.1) is 6.20 Å². The molecule has 0 saturated carbocycles. The summed E-state index contributed by atoms with van der Waals surface area (Å²) in [6.45, 7) is 0. The van der Waals surface area contributed by atoms with Crippen molar-refractivity contribution >= 4 is 33.8 Å². The van der Waals surface area contributed by atoms with Crippen molar-refractivity contribution in [2.75, 3.05) is 5.73 Å². The Kier molecular flexibility index (Phi) is 2.97. The molecule has 1 aromatic rings. The zero-order valence-corrected chi connectivity index (χ0v) is 8.32. The second kappa shape index (κ2) is 4.01. The van der Waals surface area contributed by atoms with Crippen LogP contribution >= 0.6 is 15.9 Å². The number of hydrogen-bond acceptors (Lipinski definition) is 6. The predicted molar refractivity (Wildman–Crippen MR) is 49.1 cm³/mol. The van der Waals surface area contributed by atoms with Crippen LogP contribution in [0.25, 0.3) is 0 Å². The minimum atomic E-state index is -1.23. The van der Waals surface area contributed by atoms with E-state index in [4.69, 9.17) is 5.73 Å². The first kappa shape index (κ1) is 10.4. The first-order valence-corrected chi connectivity index (χ1v) is 4.09. The van der Waals surface area contributed by atoms with Crippen LogP contribution in [0.1, 0.15) is 10.5 Å². The van der Waals surface area contributed by atoms with E-state index in [9.17, 15) is 9.59 Å². The Balaban J connectivity index is 3.00. The number of carbonyl (C=O) groups is 2. The van der Waals surface area contributed by atoms with Crippen LogP contribution in [0.15, 0.2) is 10.8 Å². The van der Waals surface area contributed by atoms with Crippen molar-refractivity contribution in [3.63, 3.8) is 0 Å². The molecule has 0 aliphatic rings. The van der Waals surface area contributed by atoms with Gasteiger partial charge >= 0.3 is 12.1 Å². The van der Waals surface area contributed by atoms with E-state index in [2.05, 4.69) is 36.4 Å². The molecule has 0 unspecified atom stereocenters. The molecule has 14 heavy (non-hydrogen) atoms. The van der Waals surface area contributed by atoms with E-state index in [1.807, 2.05) is 0 Å². The highest BCUT2D eigenvalue weighted by Gasteiger charge is 2.16. The molecule has 0 spiro atoms. The summed E-state index contributed by atoms with van der Waals surface area (Å²) in [5.74, 6) is -1.18. The fourth-order valence-corrected chi connectivity index (χ4v) is 0.947. The lowest BCUT2D eigenvalue weighted by Crippen LogP contribution is -2.20. The molecule has 74 valence electrons. The summed E-state index contributed by atoms with van der Waals surface area (Å²) < 4.78 is 4.36. The average Bonchev–Trinajstić information content (AvgIpc) is 2.08. The van der Waals surface area contributed by atoms with E-state index in [0.717, 1.165) is 0 Å². The SMILES string of the molecule is NC(=O)OC(=O)c1nc(Br)cnc1N. The lowest BCUT2D eigenvalue weighted by atomic mass is 10.4. The van der Waals surface area contributed by atoms with Crippen LogP contribution in [-0.4, -0.2) is 22.0 Å². The predicted octanol–water partition coefficient (Wildman–Crippen LogP) is 0.0568. The van der Waals surface area contributed by atoms with Gasteiger partial charge in [0.2, 0.25) is 0 Å². The molecule has 0 radical (unpaired) electrons. The Bertz CT molecular complexity index is 395. The fraction of sp³-hybridized carbons (Fsp3) is 0.